The molecule has 0 aromatic rings. The van der Waals surface area contributed by atoms with Gasteiger partial charge in [-0.2, -0.15) is 0 Å². The molecular weight excluding hydrogens is 212 g/mol. The number of unbranched alkanes of at least 4 members (excludes halogenated alkanes) is 9. The van der Waals surface area contributed by atoms with Gasteiger partial charge < -0.3 is 0 Å². The number of hydrogen-bond acceptors (Lipinski definition) is 0. The van der Waals surface area contributed by atoms with Crippen LogP contribution in [-0.4, -0.2) is 11.1 Å². The zero-order valence-corrected chi connectivity index (χ0v) is 12.4. The molecule has 1 heteroatoms. The summed E-state index contributed by atoms with van der Waals surface area (Å²) in [7, 11) is 0. The topological polar surface area (TPSA) is 0 Å². The first kappa shape index (κ1) is 16.2. The van der Waals surface area contributed by atoms with E-state index >= 15 is 0 Å². The lowest BCUT2D eigenvalue weighted by Gasteiger charge is -2.01. The van der Waals surface area contributed by atoms with E-state index in [4.69, 9.17) is 0 Å². The summed E-state index contributed by atoms with van der Waals surface area (Å²) in [5.41, 5.74) is 0. The molecule has 16 heavy (non-hydrogen) atoms. The second kappa shape index (κ2) is 15.2. The van der Waals surface area contributed by atoms with Crippen LogP contribution < -0.4 is 0 Å². The summed E-state index contributed by atoms with van der Waals surface area (Å²) in [5.74, 6) is 1.39. The lowest BCUT2D eigenvalue weighted by Crippen LogP contribution is -1.82. The van der Waals surface area contributed by atoms with Crippen molar-refractivity contribution in [2.24, 2.45) is 0 Å². The fourth-order valence-electron chi connectivity index (χ4n) is 1.91. The summed E-state index contributed by atoms with van der Waals surface area (Å²) in [4.78, 5) is 0. The third kappa shape index (κ3) is 14.2. The molecule has 0 rings (SSSR count). The van der Waals surface area contributed by atoms with E-state index in [2.05, 4.69) is 19.2 Å². The highest BCUT2D eigenvalue weighted by Gasteiger charge is 1.91. The quantitative estimate of drug-likeness (QED) is 0.258. The van der Waals surface area contributed by atoms with Crippen LogP contribution in [-0.2, 0) is 0 Å². The van der Waals surface area contributed by atoms with Crippen molar-refractivity contribution >= 4 is 16.7 Å². The highest BCUT2D eigenvalue weighted by molar-refractivity contribution is 7.97. The highest BCUT2D eigenvalue weighted by Crippen LogP contribution is 2.10. The van der Waals surface area contributed by atoms with E-state index in [9.17, 15) is 0 Å². The minimum atomic E-state index is 1.24. The molecule has 0 spiro atoms. The molecule has 0 aliphatic heterocycles. The van der Waals surface area contributed by atoms with Gasteiger partial charge in [0.1, 0.15) is 0 Å². The van der Waals surface area contributed by atoms with Crippen LogP contribution >= 0.6 is 11.4 Å². The van der Waals surface area contributed by atoms with Crippen molar-refractivity contribution in [1.29, 1.82) is 0 Å². The minimum Gasteiger partial charge on any atom is -0.204 e. The van der Waals surface area contributed by atoms with Crippen LogP contribution in [0.3, 0.4) is 0 Å². The summed E-state index contributed by atoms with van der Waals surface area (Å²) in [6.45, 7) is 4.51. The molecule has 0 aliphatic rings. The van der Waals surface area contributed by atoms with E-state index in [0.717, 1.165) is 0 Å². The van der Waals surface area contributed by atoms with Crippen molar-refractivity contribution in [1.82, 2.24) is 0 Å². The third-order valence-electron chi connectivity index (χ3n) is 2.95. The standard InChI is InChI=1S/C15H32S/c1-3-5-6-7-8-9-10-11-12-13-15-16-14-4-2/h14,16H,3-13,15H2,1-2H3. The van der Waals surface area contributed by atoms with Gasteiger partial charge in [-0.15, -0.1) is 0 Å². The van der Waals surface area contributed by atoms with E-state index in [1.165, 1.54) is 76.4 Å². The summed E-state index contributed by atoms with van der Waals surface area (Å²) in [6.07, 6.45) is 15.8. The molecule has 0 aromatic carbocycles. The van der Waals surface area contributed by atoms with Crippen LogP contribution in [0.1, 0.15) is 84.5 Å². The van der Waals surface area contributed by atoms with Gasteiger partial charge >= 0.3 is 0 Å². The SMILES string of the molecule is CCC=[SH]CCCCCCCCCCCC. The number of thiol groups is 1. The molecule has 0 radical (unpaired) electrons. The van der Waals surface area contributed by atoms with Gasteiger partial charge in [-0.3, -0.25) is 0 Å². The molecule has 0 amide bonds. The zero-order valence-electron chi connectivity index (χ0n) is 11.5. The monoisotopic (exact) mass is 244 g/mol. The largest absolute Gasteiger partial charge is 0.204 e. The zero-order chi connectivity index (χ0) is 11.9. The lowest BCUT2D eigenvalue weighted by molar-refractivity contribution is 0.563. The van der Waals surface area contributed by atoms with Gasteiger partial charge in [-0.05, 0) is 18.6 Å². The van der Waals surface area contributed by atoms with Crippen molar-refractivity contribution in [2.45, 2.75) is 84.5 Å². The van der Waals surface area contributed by atoms with Crippen LogP contribution in [0.4, 0.5) is 0 Å². The predicted octanol–water partition coefficient (Wildman–Crippen LogP) is 5.59. The first-order valence-corrected chi connectivity index (χ1v) is 8.55. The van der Waals surface area contributed by atoms with Crippen LogP contribution in [0.25, 0.3) is 0 Å². The van der Waals surface area contributed by atoms with Gasteiger partial charge in [-0.1, -0.05) is 77.0 Å². The average Bonchev–Trinajstić information content (AvgIpc) is 2.31. The van der Waals surface area contributed by atoms with Crippen LogP contribution in [0.2, 0.25) is 0 Å². The van der Waals surface area contributed by atoms with E-state index in [0.29, 0.717) is 0 Å². The molecule has 0 atom stereocenters. The van der Waals surface area contributed by atoms with E-state index in [1.807, 2.05) is 0 Å². The van der Waals surface area contributed by atoms with Crippen molar-refractivity contribution in [3.05, 3.63) is 0 Å². The minimum absolute atomic E-state index is 1.24. The van der Waals surface area contributed by atoms with E-state index < -0.39 is 0 Å². The Kier molecular flexibility index (Phi) is 15.4. The smallest absolute Gasteiger partial charge is 0.0148 e. The first-order chi connectivity index (χ1) is 7.91. The lowest BCUT2D eigenvalue weighted by atomic mass is 10.1. The third-order valence-corrected chi connectivity index (χ3v) is 4.15. The molecule has 0 unspecified atom stereocenters. The Hall–Kier alpha value is 0.220. The normalized spacial score (nSPS) is 11.9. The van der Waals surface area contributed by atoms with Gasteiger partial charge in [-0.25, -0.2) is 11.4 Å². The van der Waals surface area contributed by atoms with Gasteiger partial charge in [0.05, 0.1) is 0 Å². The fraction of sp³-hybridized carbons (Fsp3) is 0.933. The van der Waals surface area contributed by atoms with Gasteiger partial charge in [0.25, 0.3) is 0 Å². The maximum absolute atomic E-state index is 2.38. The summed E-state index contributed by atoms with van der Waals surface area (Å²) in [5, 5.41) is 2.38. The molecule has 98 valence electrons. The first-order valence-electron chi connectivity index (χ1n) is 7.40. The van der Waals surface area contributed by atoms with Crippen molar-refractivity contribution in [2.75, 3.05) is 5.75 Å². The van der Waals surface area contributed by atoms with Crippen molar-refractivity contribution < 1.29 is 0 Å². The van der Waals surface area contributed by atoms with Crippen molar-refractivity contribution in [3.63, 3.8) is 0 Å². The van der Waals surface area contributed by atoms with E-state index in [1.54, 1.807) is 11.4 Å². The summed E-state index contributed by atoms with van der Waals surface area (Å²) >= 11 is 1.56. The van der Waals surface area contributed by atoms with Crippen LogP contribution in [0.5, 0.6) is 0 Å². The molecule has 0 saturated carbocycles. The van der Waals surface area contributed by atoms with E-state index in [-0.39, 0.29) is 0 Å². The predicted molar refractivity (Wildman–Crippen MR) is 82.1 cm³/mol. The fourth-order valence-corrected chi connectivity index (χ4v) is 2.76. The molecule has 0 nitrogen and oxygen atoms in total. The van der Waals surface area contributed by atoms with Gasteiger partial charge in [0.2, 0.25) is 0 Å². The molecule has 0 fully saturated rings. The molecule has 0 bridgehead atoms. The summed E-state index contributed by atoms with van der Waals surface area (Å²) < 4.78 is 0. The Labute approximate surface area is 107 Å². The van der Waals surface area contributed by atoms with Gasteiger partial charge in [0.15, 0.2) is 0 Å². The Morgan fingerprint density at radius 3 is 1.69 bits per heavy atom. The molecule has 0 saturated heterocycles. The maximum atomic E-state index is 2.38. The molecule has 0 aliphatic carbocycles. The molecular formula is C15H32S. The Balaban J connectivity index is 2.90. The summed E-state index contributed by atoms with van der Waals surface area (Å²) in [6, 6.07) is 0. The van der Waals surface area contributed by atoms with Crippen LogP contribution in [0.15, 0.2) is 0 Å². The average molecular weight is 244 g/mol. The molecule has 0 N–H and O–H groups in total. The Bertz CT molecular complexity index is 140. The second-order valence-electron chi connectivity index (χ2n) is 4.68. The second-order valence-corrected chi connectivity index (χ2v) is 5.86. The van der Waals surface area contributed by atoms with Crippen molar-refractivity contribution in [3.8, 4) is 0 Å². The van der Waals surface area contributed by atoms with Gasteiger partial charge in [0, 0.05) is 0 Å². The Morgan fingerprint density at radius 1 is 0.688 bits per heavy atom. The number of hydrogen-bond donors (Lipinski definition) is 1. The number of rotatable bonds is 12. The molecule has 0 heterocycles. The molecule has 0 aromatic heterocycles. The van der Waals surface area contributed by atoms with Crippen LogP contribution in [0, 0.1) is 0 Å². The maximum Gasteiger partial charge on any atom is -0.0148 e. The highest BCUT2D eigenvalue weighted by atomic mass is 32.1. The Morgan fingerprint density at radius 2 is 1.19 bits per heavy atom.